The molecule has 8 nitrogen and oxygen atoms in total. The molecule has 0 bridgehead atoms. The van der Waals surface area contributed by atoms with Crippen molar-refractivity contribution in [1.29, 1.82) is 0 Å². The van der Waals surface area contributed by atoms with Gasteiger partial charge in [0, 0.05) is 18.8 Å². The van der Waals surface area contributed by atoms with Gasteiger partial charge in [-0.1, -0.05) is 26.2 Å². The molecule has 0 aliphatic carbocycles. The van der Waals surface area contributed by atoms with Crippen LogP contribution >= 0.6 is 0 Å². The zero-order valence-corrected chi connectivity index (χ0v) is 13.9. The van der Waals surface area contributed by atoms with Crippen LogP contribution < -0.4 is 21.1 Å². The third kappa shape index (κ3) is 3.39. The van der Waals surface area contributed by atoms with Crippen molar-refractivity contribution in [1.82, 2.24) is 15.1 Å². The van der Waals surface area contributed by atoms with Crippen LogP contribution in [-0.4, -0.2) is 48.0 Å². The molecule has 1 aromatic rings. The summed E-state index contributed by atoms with van der Waals surface area (Å²) in [5.74, 6) is -0.0876. The van der Waals surface area contributed by atoms with Crippen molar-refractivity contribution in [2.24, 2.45) is 0 Å². The quantitative estimate of drug-likeness (QED) is 0.743. The first-order valence-corrected chi connectivity index (χ1v) is 8.53. The Bertz CT molecular complexity index is 645. The van der Waals surface area contributed by atoms with Gasteiger partial charge in [0.15, 0.2) is 11.4 Å². The molecule has 1 amide bonds. The fourth-order valence-corrected chi connectivity index (χ4v) is 2.94. The van der Waals surface area contributed by atoms with E-state index < -0.39 is 0 Å². The summed E-state index contributed by atoms with van der Waals surface area (Å²) in [6.07, 6.45) is 5.54. The predicted octanol–water partition coefficient (Wildman–Crippen LogP) is 0.668. The van der Waals surface area contributed by atoms with Gasteiger partial charge in [0.2, 0.25) is 5.43 Å². The van der Waals surface area contributed by atoms with E-state index in [1.165, 1.54) is 6.07 Å². The van der Waals surface area contributed by atoms with Gasteiger partial charge in [-0.05, 0) is 6.42 Å². The number of nitrogens with zero attached hydrogens (tertiary/aromatic N) is 2. The van der Waals surface area contributed by atoms with Crippen LogP contribution in [0.3, 0.4) is 0 Å². The summed E-state index contributed by atoms with van der Waals surface area (Å²) in [6.45, 7) is 3.89. The maximum absolute atomic E-state index is 12.9. The van der Waals surface area contributed by atoms with Crippen molar-refractivity contribution in [3.63, 3.8) is 0 Å². The number of ether oxygens (including phenoxy) is 1. The Morgan fingerprint density at radius 3 is 3.04 bits per heavy atom. The fraction of sp³-hybridized carbons (Fsp3) is 0.625. The molecular formula is C16H24N4O4. The number of hydrogen-bond acceptors (Lipinski definition) is 6. The van der Waals surface area contributed by atoms with Crippen LogP contribution in [-0.2, 0) is 4.84 Å². The molecule has 3 heterocycles. The second-order valence-electron chi connectivity index (χ2n) is 5.98. The second-order valence-corrected chi connectivity index (χ2v) is 5.98. The van der Waals surface area contributed by atoms with Gasteiger partial charge in [0.25, 0.3) is 5.91 Å². The van der Waals surface area contributed by atoms with E-state index in [0.717, 1.165) is 25.7 Å². The summed E-state index contributed by atoms with van der Waals surface area (Å²) in [5, 5.41) is 0. The minimum atomic E-state index is -0.269. The Labute approximate surface area is 140 Å². The fourth-order valence-electron chi connectivity index (χ4n) is 2.94. The predicted molar refractivity (Wildman–Crippen MR) is 88.5 cm³/mol. The van der Waals surface area contributed by atoms with E-state index >= 15 is 0 Å². The molecule has 3 rings (SSSR count). The third-order valence-electron chi connectivity index (χ3n) is 4.24. The van der Waals surface area contributed by atoms with Crippen molar-refractivity contribution >= 4 is 5.91 Å². The van der Waals surface area contributed by atoms with E-state index in [-0.39, 0.29) is 28.9 Å². The van der Waals surface area contributed by atoms with Crippen molar-refractivity contribution in [2.75, 3.05) is 31.7 Å². The van der Waals surface area contributed by atoms with Gasteiger partial charge in [0.1, 0.15) is 6.17 Å². The largest absolute Gasteiger partial charge is 0.487 e. The zero-order chi connectivity index (χ0) is 16.9. The number of amides is 1. The summed E-state index contributed by atoms with van der Waals surface area (Å²) in [4.78, 5) is 32.0. The molecule has 1 aromatic heterocycles. The van der Waals surface area contributed by atoms with E-state index in [2.05, 4.69) is 17.8 Å². The lowest BCUT2D eigenvalue weighted by Crippen LogP contribution is -2.56. The van der Waals surface area contributed by atoms with E-state index in [9.17, 15) is 9.59 Å². The molecule has 1 atom stereocenters. The zero-order valence-electron chi connectivity index (χ0n) is 13.9. The van der Waals surface area contributed by atoms with Crippen LogP contribution in [0, 0.1) is 0 Å². The molecule has 24 heavy (non-hydrogen) atoms. The first kappa shape index (κ1) is 16.8. The van der Waals surface area contributed by atoms with Crippen LogP contribution in [0.4, 0.5) is 0 Å². The average molecular weight is 336 g/mol. The molecule has 132 valence electrons. The van der Waals surface area contributed by atoms with Gasteiger partial charge in [0.05, 0.1) is 19.8 Å². The summed E-state index contributed by atoms with van der Waals surface area (Å²) in [6, 6.07) is 1.42. The Kier molecular flexibility index (Phi) is 5.37. The van der Waals surface area contributed by atoms with E-state index in [0.29, 0.717) is 26.3 Å². The molecular weight excluding hydrogens is 312 g/mol. The van der Waals surface area contributed by atoms with Crippen LogP contribution in [0.1, 0.15) is 43.1 Å². The minimum Gasteiger partial charge on any atom is -0.487 e. The van der Waals surface area contributed by atoms with Gasteiger partial charge in [-0.25, -0.2) is 0 Å². The molecule has 0 spiro atoms. The van der Waals surface area contributed by atoms with E-state index in [1.54, 1.807) is 15.8 Å². The Balaban J connectivity index is 1.82. The standard InChI is InChI=1S/C16H24N4O4/c1-2-3-4-5-9-23-15-12(21)6-7-20-14(15)16(22)19-8-10-24-17-11-13(19)18-20/h6-7,13,17-18H,2-5,8-11H2,1H3. The summed E-state index contributed by atoms with van der Waals surface area (Å²) in [5.41, 5.74) is 6.01. The maximum atomic E-state index is 12.9. The third-order valence-corrected chi connectivity index (χ3v) is 4.24. The van der Waals surface area contributed by atoms with E-state index in [1.807, 2.05) is 0 Å². The summed E-state index contributed by atoms with van der Waals surface area (Å²) >= 11 is 0. The molecule has 2 aliphatic rings. The summed E-state index contributed by atoms with van der Waals surface area (Å²) < 4.78 is 7.28. The molecule has 2 aliphatic heterocycles. The smallest absolute Gasteiger partial charge is 0.278 e. The molecule has 1 unspecified atom stereocenters. The van der Waals surface area contributed by atoms with Gasteiger partial charge in [-0.15, -0.1) is 0 Å². The number of carbonyl (C=O) groups excluding carboxylic acids is 1. The normalized spacial score (nSPS) is 20.0. The van der Waals surface area contributed by atoms with Gasteiger partial charge >= 0.3 is 0 Å². The SMILES string of the molecule is CCCCCCOc1c2n(ccc1=O)NC1CNOCCN1C2=O. The van der Waals surface area contributed by atoms with Crippen LogP contribution in [0.25, 0.3) is 0 Å². The minimum absolute atomic E-state index is 0.128. The number of unbranched alkanes of at least 4 members (excludes halogenated alkanes) is 3. The number of carbonyl (C=O) groups is 1. The number of rotatable bonds is 6. The molecule has 1 fully saturated rings. The van der Waals surface area contributed by atoms with Crippen LogP contribution in [0.15, 0.2) is 17.1 Å². The molecule has 0 aromatic carbocycles. The van der Waals surface area contributed by atoms with Gasteiger partial charge < -0.3 is 15.1 Å². The molecule has 8 heteroatoms. The van der Waals surface area contributed by atoms with Crippen molar-refractivity contribution in [3.8, 4) is 5.75 Å². The lowest BCUT2D eigenvalue weighted by molar-refractivity contribution is 0.0518. The van der Waals surface area contributed by atoms with Crippen molar-refractivity contribution in [2.45, 2.75) is 38.8 Å². The van der Waals surface area contributed by atoms with Crippen LogP contribution in [0.5, 0.6) is 5.75 Å². The number of hydroxylamine groups is 1. The second kappa shape index (κ2) is 7.67. The highest BCUT2D eigenvalue weighted by Gasteiger charge is 2.35. The maximum Gasteiger partial charge on any atom is 0.278 e. The lowest BCUT2D eigenvalue weighted by atomic mass is 10.2. The lowest BCUT2D eigenvalue weighted by Gasteiger charge is -2.37. The van der Waals surface area contributed by atoms with Crippen molar-refractivity contribution < 1.29 is 14.4 Å². The Morgan fingerprint density at radius 1 is 1.33 bits per heavy atom. The number of aromatic nitrogens is 1. The highest BCUT2D eigenvalue weighted by Crippen LogP contribution is 2.21. The van der Waals surface area contributed by atoms with Gasteiger partial charge in [-0.3, -0.25) is 19.1 Å². The van der Waals surface area contributed by atoms with E-state index in [4.69, 9.17) is 9.57 Å². The van der Waals surface area contributed by atoms with Gasteiger partial charge in [-0.2, -0.15) is 5.48 Å². The molecule has 2 N–H and O–H groups in total. The number of nitrogens with one attached hydrogen (secondary N) is 2. The molecule has 1 saturated heterocycles. The number of fused-ring (bicyclic) bond motifs is 2. The van der Waals surface area contributed by atoms with Crippen LogP contribution in [0.2, 0.25) is 0 Å². The molecule has 0 saturated carbocycles. The Morgan fingerprint density at radius 2 is 2.21 bits per heavy atom. The topological polar surface area (TPSA) is 84.8 Å². The monoisotopic (exact) mass is 336 g/mol. The highest BCUT2D eigenvalue weighted by atomic mass is 16.6. The number of hydrogen-bond donors (Lipinski definition) is 2. The first-order valence-electron chi connectivity index (χ1n) is 8.53. The number of pyridine rings is 1. The highest BCUT2D eigenvalue weighted by molar-refractivity contribution is 5.96. The molecule has 0 radical (unpaired) electrons. The first-order chi connectivity index (χ1) is 11.7. The Hall–Kier alpha value is -2.06. The summed E-state index contributed by atoms with van der Waals surface area (Å²) in [7, 11) is 0. The average Bonchev–Trinajstić information content (AvgIpc) is 2.82. The van der Waals surface area contributed by atoms with Crippen molar-refractivity contribution in [3.05, 3.63) is 28.2 Å².